The normalized spacial score (nSPS) is 13.4. The maximum Gasteiger partial charge on any atom is 0.494 e. The topological polar surface area (TPSA) is 53.1 Å². The van der Waals surface area contributed by atoms with Gasteiger partial charge in [-0.3, -0.25) is 8.80 Å². The molecule has 0 radical (unpaired) electrons. The number of fused-ring (bicyclic) bond motifs is 24. The van der Waals surface area contributed by atoms with E-state index < -0.39 is 7.12 Å². The van der Waals surface area contributed by atoms with Gasteiger partial charge in [0.15, 0.2) is 0 Å². The summed E-state index contributed by atoms with van der Waals surface area (Å²) in [5.74, 6) is 0. The number of para-hydroxylation sites is 2. The van der Waals surface area contributed by atoms with Crippen LogP contribution >= 0.6 is 15.9 Å². The Kier molecular flexibility index (Phi) is 16.6. The van der Waals surface area contributed by atoms with Crippen molar-refractivity contribution in [3.63, 3.8) is 0 Å². The Balaban J connectivity index is 0.000000112. The lowest BCUT2D eigenvalue weighted by Gasteiger charge is -2.32. The molecule has 6 nitrogen and oxygen atoms in total. The number of aromatic nitrogens is 4. The second-order valence-corrected chi connectivity index (χ2v) is 33.9. The summed E-state index contributed by atoms with van der Waals surface area (Å²) in [6, 6.07) is 141. The summed E-state index contributed by atoms with van der Waals surface area (Å²) in [7, 11) is -0.391. The molecule has 0 spiro atoms. The van der Waals surface area contributed by atoms with Crippen molar-refractivity contribution in [2.75, 3.05) is 0 Å². The quantitative estimate of drug-likeness (QED) is 0.0946. The standard InChI is InChI=1S/C53H32N2.C34H21Br.C25H23BN2O2/c1-3-13-35-29-39(23-21-33(35)11-1)51-43-17-6-7-18-44(43)52(40-24-22-34-12-2-4-14-36(34)30-40)47-31-37(25-27-45(47)51)38-26-28-50-48(32-38)54-53-46-19-8-5-15-41(46)42-16-9-10-20-49(42)55(50)53;35-28-17-18-31-32(21-28)34(27-16-14-23-8-2-4-10-25(23)20-27)30-12-6-5-11-29(30)33(31)26-15-13-22-7-1-3-9-24(22)19-26;1-24(2)25(3,4)30-26(29-24)16-13-14-22-20(15-16)27-23-19-11-6-5-9-17(19)18-10-7-8-12-21(18)28(22)23/h1-32H;1-21H;5-15H,1-4H3. The number of halogens is 1. The van der Waals surface area contributed by atoms with Crippen molar-refractivity contribution in [3.05, 3.63) is 393 Å². The van der Waals surface area contributed by atoms with Crippen molar-refractivity contribution in [2.24, 2.45) is 0 Å². The van der Waals surface area contributed by atoms with E-state index in [0.29, 0.717) is 0 Å². The minimum Gasteiger partial charge on any atom is -0.399 e. The molecular weight excluding hydrogens is 1520 g/mol. The number of pyridine rings is 2. The summed E-state index contributed by atoms with van der Waals surface area (Å²) in [6.45, 7) is 8.31. The van der Waals surface area contributed by atoms with Gasteiger partial charge in [-0.05, 0) is 265 Å². The highest BCUT2D eigenvalue weighted by atomic mass is 79.9. The Morgan fingerprint density at radius 2 is 0.533 bits per heavy atom. The first-order valence-electron chi connectivity index (χ1n) is 41.3. The van der Waals surface area contributed by atoms with Crippen molar-refractivity contribution in [1.82, 2.24) is 18.8 Å². The van der Waals surface area contributed by atoms with Crippen molar-refractivity contribution in [3.8, 4) is 55.6 Å². The van der Waals surface area contributed by atoms with E-state index in [-0.39, 0.29) is 11.2 Å². The Morgan fingerprint density at radius 1 is 0.233 bits per heavy atom. The molecule has 1 aliphatic rings. The van der Waals surface area contributed by atoms with Crippen LogP contribution in [0, 0.1) is 0 Å². The molecule has 5 heterocycles. The molecular formula is C112H76BBrN4O2. The van der Waals surface area contributed by atoms with Crippen LogP contribution in [0.4, 0.5) is 0 Å². The predicted octanol–water partition coefficient (Wildman–Crippen LogP) is 29.9. The summed E-state index contributed by atoms with van der Waals surface area (Å²) in [5.41, 5.74) is 21.1. The van der Waals surface area contributed by atoms with Crippen LogP contribution in [0.1, 0.15) is 27.7 Å². The number of hydrogen-bond acceptors (Lipinski definition) is 4. The van der Waals surface area contributed by atoms with E-state index in [1.807, 2.05) is 0 Å². The van der Waals surface area contributed by atoms with Crippen molar-refractivity contribution < 1.29 is 9.31 Å². The first-order valence-corrected chi connectivity index (χ1v) is 42.1. The fourth-order valence-corrected chi connectivity index (χ4v) is 19.4. The molecule has 0 atom stereocenters. The van der Waals surface area contributed by atoms with Crippen LogP contribution in [0.15, 0.2) is 393 Å². The fraction of sp³-hybridized carbons (Fsp3) is 0.0536. The Bertz CT molecular complexity index is 8410. The number of rotatable bonds is 6. The maximum absolute atomic E-state index is 6.26. The fourth-order valence-electron chi connectivity index (χ4n) is 19.1. The molecule has 0 bridgehead atoms. The van der Waals surface area contributed by atoms with Gasteiger partial charge in [0.05, 0.1) is 44.3 Å². The predicted molar refractivity (Wildman–Crippen MR) is 513 cm³/mol. The van der Waals surface area contributed by atoms with Crippen LogP contribution in [-0.2, 0) is 9.31 Å². The van der Waals surface area contributed by atoms with E-state index in [9.17, 15) is 0 Å². The minimum absolute atomic E-state index is 0.363. The highest BCUT2D eigenvalue weighted by Crippen LogP contribution is 2.49. The number of hydrogen-bond donors (Lipinski definition) is 0. The largest absolute Gasteiger partial charge is 0.494 e. The third kappa shape index (κ3) is 11.7. The molecule has 566 valence electrons. The molecule has 25 rings (SSSR count). The van der Waals surface area contributed by atoms with Gasteiger partial charge >= 0.3 is 7.12 Å². The molecule has 120 heavy (non-hydrogen) atoms. The lowest BCUT2D eigenvalue weighted by Crippen LogP contribution is -2.41. The highest BCUT2D eigenvalue weighted by molar-refractivity contribution is 9.10. The number of benzene rings is 20. The van der Waals surface area contributed by atoms with Crippen LogP contribution in [0.3, 0.4) is 0 Å². The Hall–Kier alpha value is -14.1. The molecule has 4 aromatic heterocycles. The summed E-state index contributed by atoms with van der Waals surface area (Å²) in [5, 5.41) is 27.3. The van der Waals surface area contributed by atoms with Crippen molar-refractivity contribution in [1.29, 1.82) is 0 Å². The van der Waals surface area contributed by atoms with E-state index in [4.69, 9.17) is 19.3 Å². The molecule has 8 heteroatoms. The maximum atomic E-state index is 6.26. The summed E-state index contributed by atoms with van der Waals surface area (Å²) >= 11 is 3.76. The summed E-state index contributed by atoms with van der Waals surface area (Å²) in [6.07, 6.45) is 0. The van der Waals surface area contributed by atoms with E-state index in [0.717, 1.165) is 65.1 Å². The van der Waals surface area contributed by atoms with Gasteiger partial charge in [-0.15, -0.1) is 0 Å². The zero-order valence-electron chi connectivity index (χ0n) is 66.5. The van der Waals surface area contributed by atoms with Gasteiger partial charge in [0.2, 0.25) is 0 Å². The molecule has 0 unspecified atom stereocenters. The van der Waals surface area contributed by atoms with Crippen LogP contribution in [0.25, 0.3) is 219 Å². The molecule has 0 N–H and O–H groups in total. The van der Waals surface area contributed by atoms with Gasteiger partial charge in [-0.2, -0.15) is 0 Å². The Morgan fingerprint density at radius 3 is 0.958 bits per heavy atom. The smallest absolute Gasteiger partial charge is 0.399 e. The van der Waals surface area contributed by atoms with Gasteiger partial charge < -0.3 is 9.31 Å². The molecule has 0 amide bonds. The first-order chi connectivity index (χ1) is 58.9. The van der Waals surface area contributed by atoms with Crippen LogP contribution in [0.2, 0.25) is 0 Å². The molecule has 1 saturated heterocycles. The van der Waals surface area contributed by atoms with E-state index in [1.165, 1.54) is 163 Å². The molecule has 24 aromatic rings. The van der Waals surface area contributed by atoms with Crippen LogP contribution < -0.4 is 5.46 Å². The second-order valence-electron chi connectivity index (χ2n) is 33.0. The second kappa shape index (κ2) is 28.0. The van der Waals surface area contributed by atoms with Crippen LogP contribution in [0.5, 0.6) is 0 Å². The highest BCUT2D eigenvalue weighted by Gasteiger charge is 2.52. The van der Waals surface area contributed by atoms with Gasteiger partial charge in [0.1, 0.15) is 11.3 Å². The molecule has 1 aliphatic heterocycles. The third-order valence-electron chi connectivity index (χ3n) is 25.6. The summed E-state index contributed by atoms with van der Waals surface area (Å²) in [4.78, 5) is 10.4. The van der Waals surface area contributed by atoms with E-state index >= 15 is 0 Å². The third-order valence-corrected chi connectivity index (χ3v) is 26.1. The van der Waals surface area contributed by atoms with E-state index in [1.54, 1.807) is 0 Å². The van der Waals surface area contributed by atoms with Crippen LogP contribution in [-0.4, -0.2) is 37.1 Å². The molecule has 0 aliphatic carbocycles. The van der Waals surface area contributed by atoms with Crippen molar-refractivity contribution in [2.45, 2.75) is 38.9 Å². The molecule has 1 fully saturated rings. The lowest BCUT2D eigenvalue weighted by atomic mass is 9.79. The molecule has 20 aromatic carbocycles. The lowest BCUT2D eigenvalue weighted by molar-refractivity contribution is 0.00578. The van der Waals surface area contributed by atoms with Crippen molar-refractivity contribution >= 4 is 191 Å². The summed E-state index contributed by atoms with van der Waals surface area (Å²) < 4.78 is 18.2. The average Bonchev–Trinajstić information content (AvgIpc) is 1.65. The van der Waals surface area contributed by atoms with Gasteiger partial charge in [0, 0.05) is 26.0 Å². The minimum atomic E-state index is -0.391. The van der Waals surface area contributed by atoms with Gasteiger partial charge in [0.25, 0.3) is 0 Å². The SMILES string of the molecule is Brc1ccc2c(-c3ccc4ccccc4c3)c3ccccc3c(-c3ccc4ccccc4c3)c2c1.CC1(C)OB(c2ccc3c(c2)nc2c4ccccc4c4ccccc4n32)OC1(C)C.c1ccc2cc(-c3c4ccccc4c(-c4ccc5ccccc5c4)c4cc(-c5ccc6c(c5)nc5c7ccccc7c7ccccc7n65)ccc34)ccc2c1. The Labute approximate surface area is 701 Å². The first kappa shape index (κ1) is 71.2. The van der Waals surface area contributed by atoms with Gasteiger partial charge in [-0.25, -0.2) is 9.97 Å². The molecule has 0 saturated carbocycles. The number of imidazole rings is 2. The zero-order valence-corrected chi connectivity index (χ0v) is 68.1. The van der Waals surface area contributed by atoms with E-state index in [2.05, 4.69) is 441 Å². The monoisotopic (exact) mass is 1600 g/mol. The average molecular weight is 1600 g/mol. The van der Waals surface area contributed by atoms with Gasteiger partial charge in [-0.1, -0.05) is 325 Å². The zero-order chi connectivity index (χ0) is 80.1. The number of nitrogens with zero attached hydrogens (tertiary/aromatic N) is 4.